The van der Waals surface area contributed by atoms with Crippen molar-refractivity contribution in [2.24, 2.45) is 0 Å². The minimum absolute atomic E-state index is 0.0875. The standard InChI is InChI=1S/C24H20O/c1-16-12-21(13-17(16)2)22-14-19-10-6-7-11-20(19)15-23(22)24(25)18-8-4-3-5-9-18/h3-12,14-15H,13H2,1-2H3. The van der Waals surface area contributed by atoms with Crippen molar-refractivity contribution in [3.63, 3.8) is 0 Å². The lowest BCUT2D eigenvalue weighted by molar-refractivity contribution is 0.103. The van der Waals surface area contributed by atoms with Crippen molar-refractivity contribution >= 4 is 22.1 Å². The zero-order valence-corrected chi connectivity index (χ0v) is 14.5. The fraction of sp³-hybridized carbons (Fsp3) is 0.125. The molecular formula is C24H20O. The monoisotopic (exact) mass is 324 g/mol. The Morgan fingerprint density at radius 2 is 1.48 bits per heavy atom. The van der Waals surface area contributed by atoms with E-state index in [4.69, 9.17) is 0 Å². The van der Waals surface area contributed by atoms with Gasteiger partial charge in [0.2, 0.25) is 0 Å². The number of benzene rings is 3. The van der Waals surface area contributed by atoms with Gasteiger partial charge in [-0.15, -0.1) is 0 Å². The van der Waals surface area contributed by atoms with Gasteiger partial charge in [0.05, 0.1) is 0 Å². The van der Waals surface area contributed by atoms with E-state index in [1.807, 2.05) is 48.5 Å². The van der Waals surface area contributed by atoms with E-state index in [1.165, 1.54) is 22.1 Å². The number of ketones is 1. The van der Waals surface area contributed by atoms with Crippen LogP contribution in [0.4, 0.5) is 0 Å². The maximum atomic E-state index is 13.2. The van der Waals surface area contributed by atoms with Gasteiger partial charge in [-0.25, -0.2) is 0 Å². The third-order valence-electron chi connectivity index (χ3n) is 5.03. The molecule has 0 aliphatic heterocycles. The highest BCUT2D eigenvalue weighted by Crippen LogP contribution is 2.36. The van der Waals surface area contributed by atoms with E-state index in [2.05, 4.69) is 38.1 Å². The second-order valence-electron chi connectivity index (χ2n) is 6.75. The van der Waals surface area contributed by atoms with Gasteiger partial charge in [0.25, 0.3) is 0 Å². The minimum Gasteiger partial charge on any atom is -0.289 e. The molecule has 0 bridgehead atoms. The van der Waals surface area contributed by atoms with Crippen LogP contribution >= 0.6 is 0 Å². The lowest BCUT2D eigenvalue weighted by Crippen LogP contribution is -2.05. The van der Waals surface area contributed by atoms with Crippen LogP contribution in [0.1, 0.15) is 41.8 Å². The molecule has 122 valence electrons. The smallest absolute Gasteiger partial charge is 0.193 e. The normalized spacial score (nSPS) is 14.1. The van der Waals surface area contributed by atoms with E-state index in [1.54, 1.807) is 0 Å². The van der Waals surface area contributed by atoms with Crippen molar-refractivity contribution in [3.8, 4) is 0 Å². The Bertz CT molecular complexity index is 1040. The van der Waals surface area contributed by atoms with Crippen LogP contribution in [0.5, 0.6) is 0 Å². The molecule has 0 heterocycles. The first-order chi connectivity index (χ1) is 12.1. The van der Waals surface area contributed by atoms with Crippen molar-refractivity contribution < 1.29 is 4.79 Å². The third-order valence-corrected chi connectivity index (χ3v) is 5.03. The van der Waals surface area contributed by atoms with Gasteiger partial charge < -0.3 is 0 Å². The number of allylic oxidation sites excluding steroid dienone is 4. The Hall–Kier alpha value is -2.93. The zero-order chi connectivity index (χ0) is 17.4. The van der Waals surface area contributed by atoms with E-state index >= 15 is 0 Å². The molecule has 0 atom stereocenters. The molecule has 1 aliphatic rings. The molecule has 0 N–H and O–H groups in total. The van der Waals surface area contributed by atoms with Crippen molar-refractivity contribution in [3.05, 3.63) is 101 Å². The lowest BCUT2D eigenvalue weighted by Gasteiger charge is -2.13. The second-order valence-corrected chi connectivity index (χ2v) is 6.75. The molecule has 0 aromatic heterocycles. The maximum absolute atomic E-state index is 13.2. The second kappa shape index (κ2) is 6.18. The SMILES string of the molecule is CC1=C(C)CC(c2cc3ccccc3cc2C(=O)c2ccccc2)=C1. The van der Waals surface area contributed by atoms with Crippen LogP contribution in [0.3, 0.4) is 0 Å². The van der Waals surface area contributed by atoms with Crippen LogP contribution in [-0.4, -0.2) is 5.78 Å². The molecule has 0 fully saturated rings. The average Bonchev–Trinajstić information content (AvgIpc) is 2.99. The van der Waals surface area contributed by atoms with Gasteiger partial charge >= 0.3 is 0 Å². The summed E-state index contributed by atoms with van der Waals surface area (Å²) < 4.78 is 0. The molecule has 4 rings (SSSR count). The Morgan fingerprint density at radius 3 is 2.12 bits per heavy atom. The summed E-state index contributed by atoms with van der Waals surface area (Å²) in [6.07, 6.45) is 3.14. The van der Waals surface area contributed by atoms with Crippen LogP contribution in [0, 0.1) is 0 Å². The molecule has 1 heteroatoms. The number of carbonyl (C=O) groups is 1. The van der Waals surface area contributed by atoms with Gasteiger partial charge in [0.15, 0.2) is 5.78 Å². The van der Waals surface area contributed by atoms with Crippen LogP contribution in [0.25, 0.3) is 16.3 Å². The zero-order valence-electron chi connectivity index (χ0n) is 14.5. The fourth-order valence-corrected chi connectivity index (χ4v) is 3.47. The quantitative estimate of drug-likeness (QED) is 0.525. The Kier molecular flexibility index (Phi) is 3.85. The topological polar surface area (TPSA) is 17.1 Å². The van der Waals surface area contributed by atoms with E-state index in [0.717, 1.165) is 28.5 Å². The summed E-state index contributed by atoms with van der Waals surface area (Å²) in [6.45, 7) is 4.31. The Morgan fingerprint density at radius 1 is 0.840 bits per heavy atom. The predicted molar refractivity (Wildman–Crippen MR) is 105 cm³/mol. The molecule has 1 nitrogen and oxygen atoms in total. The van der Waals surface area contributed by atoms with E-state index < -0.39 is 0 Å². The highest BCUT2D eigenvalue weighted by Gasteiger charge is 2.20. The molecule has 25 heavy (non-hydrogen) atoms. The molecule has 3 aromatic carbocycles. The van der Waals surface area contributed by atoms with Crippen molar-refractivity contribution in [1.82, 2.24) is 0 Å². The number of carbonyl (C=O) groups excluding carboxylic acids is 1. The van der Waals surface area contributed by atoms with Gasteiger partial charge in [-0.3, -0.25) is 4.79 Å². The summed E-state index contributed by atoms with van der Waals surface area (Å²) in [5.74, 6) is 0.0875. The molecule has 0 saturated carbocycles. The first kappa shape index (κ1) is 15.6. The summed E-state index contributed by atoms with van der Waals surface area (Å²) in [5, 5.41) is 2.27. The van der Waals surface area contributed by atoms with Gasteiger partial charge in [-0.2, -0.15) is 0 Å². The van der Waals surface area contributed by atoms with E-state index in [0.29, 0.717) is 0 Å². The lowest BCUT2D eigenvalue weighted by atomic mass is 9.90. The molecule has 0 saturated heterocycles. The summed E-state index contributed by atoms with van der Waals surface area (Å²) >= 11 is 0. The van der Waals surface area contributed by atoms with Gasteiger partial charge in [0.1, 0.15) is 0 Å². The molecular weight excluding hydrogens is 304 g/mol. The summed E-state index contributed by atoms with van der Waals surface area (Å²) in [7, 11) is 0. The largest absolute Gasteiger partial charge is 0.289 e. The summed E-state index contributed by atoms with van der Waals surface area (Å²) in [5.41, 5.74) is 6.50. The van der Waals surface area contributed by atoms with E-state index in [9.17, 15) is 4.79 Å². The predicted octanol–water partition coefficient (Wildman–Crippen LogP) is 6.19. The van der Waals surface area contributed by atoms with Crippen LogP contribution in [-0.2, 0) is 0 Å². The molecule has 0 unspecified atom stereocenters. The molecule has 0 amide bonds. The van der Waals surface area contributed by atoms with Gasteiger partial charge in [-0.05, 0) is 54.3 Å². The minimum atomic E-state index is 0.0875. The first-order valence-corrected chi connectivity index (χ1v) is 8.63. The molecule has 0 radical (unpaired) electrons. The van der Waals surface area contributed by atoms with Crippen LogP contribution in [0.2, 0.25) is 0 Å². The van der Waals surface area contributed by atoms with Crippen molar-refractivity contribution in [1.29, 1.82) is 0 Å². The average molecular weight is 324 g/mol. The third kappa shape index (κ3) is 2.83. The maximum Gasteiger partial charge on any atom is 0.193 e. The first-order valence-electron chi connectivity index (χ1n) is 8.63. The molecule has 3 aromatic rings. The van der Waals surface area contributed by atoms with Gasteiger partial charge in [-0.1, -0.05) is 71.8 Å². The van der Waals surface area contributed by atoms with Crippen LogP contribution < -0.4 is 0 Å². The number of hydrogen-bond acceptors (Lipinski definition) is 1. The number of fused-ring (bicyclic) bond motifs is 1. The van der Waals surface area contributed by atoms with Gasteiger partial charge in [0, 0.05) is 11.1 Å². The highest BCUT2D eigenvalue weighted by molar-refractivity contribution is 6.14. The van der Waals surface area contributed by atoms with Crippen molar-refractivity contribution in [2.75, 3.05) is 0 Å². The fourth-order valence-electron chi connectivity index (χ4n) is 3.47. The highest BCUT2D eigenvalue weighted by atomic mass is 16.1. The number of hydrogen-bond donors (Lipinski definition) is 0. The van der Waals surface area contributed by atoms with Crippen molar-refractivity contribution in [2.45, 2.75) is 20.3 Å². The number of rotatable bonds is 3. The summed E-state index contributed by atoms with van der Waals surface area (Å²) in [4.78, 5) is 13.2. The Balaban J connectivity index is 1.91. The Labute approximate surface area is 148 Å². The molecule has 0 spiro atoms. The van der Waals surface area contributed by atoms with E-state index in [-0.39, 0.29) is 5.78 Å². The summed E-state index contributed by atoms with van der Waals surface area (Å²) in [6, 6.07) is 22.0. The molecule has 1 aliphatic carbocycles. The van der Waals surface area contributed by atoms with Crippen LogP contribution in [0.15, 0.2) is 84.0 Å².